The maximum absolute atomic E-state index is 5.42. The molecular formula is C15H26N4O. The fraction of sp³-hybridized carbons (Fsp3) is 0.733. The van der Waals surface area contributed by atoms with Crippen molar-refractivity contribution in [3.63, 3.8) is 0 Å². The zero-order valence-electron chi connectivity index (χ0n) is 12.9. The van der Waals surface area contributed by atoms with E-state index < -0.39 is 0 Å². The normalized spacial score (nSPS) is 16.2. The largest absolute Gasteiger partial charge is 0.359 e. The molecule has 2 heterocycles. The van der Waals surface area contributed by atoms with Crippen molar-refractivity contribution in [2.45, 2.75) is 52.0 Å². The van der Waals surface area contributed by atoms with E-state index in [1.807, 2.05) is 7.05 Å². The Labute approximate surface area is 121 Å². The van der Waals surface area contributed by atoms with Gasteiger partial charge in [0.05, 0.1) is 12.2 Å². The van der Waals surface area contributed by atoms with E-state index in [0.29, 0.717) is 12.5 Å². The zero-order valence-corrected chi connectivity index (χ0v) is 12.9. The van der Waals surface area contributed by atoms with Gasteiger partial charge in [0.1, 0.15) is 0 Å². The maximum atomic E-state index is 5.42. The van der Waals surface area contributed by atoms with Gasteiger partial charge in [-0.05, 0) is 25.7 Å². The van der Waals surface area contributed by atoms with Gasteiger partial charge in [-0.2, -0.15) is 0 Å². The summed E-state index contributed by atoms with van der Waals surface area (Å²) in [6, 6.07) is 2.07. The first kappa shape index (κ1) is 14.9. The first-order valence-electron chi connectivity index (χ1n) is 7.69. The van der Waals surface area contributed by atoms with Crippen molar-refractivity contribution in [2.75, 3.05) is 20.1 Å². The number of guanidine groups is 1. The summed E-state index contributed by atoms with van der Waals surface area (Å²) >= 11 is 0. The smallest absolute Gasteiger partial charge is 0.194 e. The summed E-state index contributed by atoms with van der Waals surface area (Å²) in [6.45, 7) is 7.21. The molecule has 0 aromatic carbocycles. The van der Waals surface area contributed by atoms with Gasteiger partial charge in [0.15, 0.2) is 11.7 Å². The summed E-state index contributed by atoms with van der Waals surface area (Å²) < 4.78 is 5.42. The topological polar surface area (TPSA) is 53.7 Å². The van der Waals surface area contributed by atoms with Crippen molar-refractivity contribution in [1.29, 1.82) is 0 Å². The Morgan fingerprint density at radius 3 is 2.70 bits per heavy atom. The van der Waals surface area contributed by atoms with Crippen LogP contribution in [0.25, 0.3) is 0 Å². The Kier molecular flexibility index (Phi) is 5.44. The van der Waals surface area contributed by atoms with E-state index in [9.17, 15) is 0 Å². The molecule has 112 valence electrons. The number of nitrogens with one attached hydrogen (secondary N) is 1. The van der Waals surface area contributed by atoms with Gasteiger partial charge in [-0.25, -0.2) is 0 Å². The lowest BCUT2D eigenvalue weighted by molar-refractivity contribution is 0.365. The molecule has 2 rings (SSSR count). The molecule has 0 radical (unpaired) electrons. The second-order valence-corrected chi connectivity index (χ2v) is 5.33. The minimum atomic E-state index is 0.505. The molecule has 0 atom stereocenters. The Morgan fingerprint density at radius 2 is 2.10 bits per heavy atom. The molecule has 1 fully saturated rings. The van der Waals surface area contributed by atoms with Crippen molar-refractivity contribution in [1.82, 2.24) is 15.4 Å². The van der Waals surface area contributed by atoms with Crippen molar-refractivity contribution in [2.24, 2.45) is 4.99 Å². The third kappa shape index (κ3) is 3.52. The van der Waals surface area contributed by atoms with Crippen molar-refractivity contribution >= 4 is 5.96 Å². The van der Waals surface area contributed by atoms with Crippen LogP contribution in [0.4, 0.5) is 0 Å². The molecule has 1 aromatic heterocycles. The number of hydrogen-bond donors (Lipinski definition) is 1. The summed E-state index contributed by atoms with van der Waals surface area (Å²) in [5.41, 5.74) is 1.07. The summed E-state index contributed by atoms with van der Waals surface area (Å²) in [4.78, 5) is 6.62. The van der Waals surface area contributed by atoms with E-state index in [4.69, 9.17) is 4.52 Å². The first-order valence-corrected chi connectivity index (χ1v) is 7.69. The fourth-order valence-electron chi connectivity index (χ4n) is 2.74. The molecule has 5 heteroatoms. The highest BCUT2D eigenvalue weighted by atomic mass is 16.5. The van der Waals surface area contributed by atoms with E-state index >= 15 is 0 Å². The summed E-state index contributed by atoms with van der Waals surface area (Å²) in [5, 5.41) is 7.55. The number of rotatable bonds is 5. The molecule has 1 aliphatic heterocycles. The van der Waals surface area contributed by atoms with Gasteiger partial charge in [-0.3, -0.25) is 4.99 Å². The monoisotopic (exact) mass is 278 g/mol. The summed E-state index contributed by atoms with van der Waals surface area (Å²) in [7, 11) is 1.83. The first-order chi connectivity index (χ1) is 9.78. The van der Waals surface area contributed by atoms with E-state index in [-0.39, 0.29) is 0 Å². The van der Waals surface area contributed by atoms with Gasteiger partial charge in [-0.1, -0.05) is 19.0 Å². The van der Waals surface area contributed by atoms with Crippen LogP contribution < -0.4 is 5.32 Å². The Bertz CT molecular complexity index is 431. The number of aromatic nitrogens is 1. The highest BCUT2D eigenvalue weighted by Crippen LogP contribution is 2.22. The highest BCUT2D eigenvalue weighted by molar-refractivity contribution is 5.80. The van der Waals surface area contributed by atoms with Gasteiger partial charge >= 0.3 is 0 Å². The van der Waals surface area contributed by atoms with Gasteiger partial charge in [0.25, 0.3) is 0 Å². The Balaban J connectivity index is 1.90. The molecule has 0 amide bonds. The molecule has 20 heavy (non-hydrogen) atoms. The van der Waals surface area contributed by atoms with Crippen LogP contribution in [-0.2, 0) is 6.54 Å². The highest BCUT2D eigenvalue weighted by Gasteiger charge is 2.17. The molecule has 0 bridgehead atoms. The third-order valence-corrected chi connectivity index (χ3v) is 4.02. The lowest BCUT2D eigenvalue weighted by Gasteiger charge is -2.20. The van der Waals surface area contributed by atoms with Crippen LogP contribution in [0.5, 0.6) is 0 Å². The summed E-state index contributed by atoms with van der Waals surface area (Å²) in [6.07, 6.45) is 4.71. The van der Waals surface area contributed by atoms with E-state index in [2.05, 4.69) is 40.3 Å². The molecule has 1 aromatic rings. The summed E-state index contributed by atoms with van der Waals surface area (Å²) in [5.74, 6) is 2.35. The van der Waals surface area contributed by atoms with Crippen molar-refractivity contribution < 1.29 is 4.52 Å². The molecular weight excluding hydrogens is 252 g/mol. The van der Waals surface area contributed by atoms with Crippen LogP contribution >= 0.6 is 0 Å². The molecule has 0 spiro atoms. The van der Waals surface area contributed by atoms with E-state index in [1.165, 1.54) is 12.8 Å². The lowest BCUT2D eigenvalue weighted by atomic mass is 9.99. The maximum Gasteiger partial charge on any atom is 0.194 e. The predicted octanol–water partition coefficient (Wildman–Crippen LogP) is 2.75. The van der Waals surface area contributed by atoms with Crippen LogP contribution in [0, 0.1) is 0 Å². The van der Waals surface area contributed by atoms with E-state index in [1.54, 1.807) is 0 Å². The quantitative estimate of drug-likeness (QED) is 0.664. The third-order valence-electron chi connectivity index (χ3n) is 4.02. The van der Waals surface area contributed by atoms with Gasteiger partial charge in [0, 0.05) is 32.1 Å². The number of nitrogens with zero attached hydrogens (tertiary/aromatic N) is 3. The van der Waals surface area contributed by atoms with Crippen LogP contribution in [0.2, 0.25) is 0 Å². The minimum Gasteiger partial charge on any atom is -0.359 e. The minimum absolute atomic E-state index is 0.505. The van der Waals surface area contributed by atoms with Gasteiger partial charge in [-0.15, -0.1) is 0 Å². The molecule has 0 aliphatic carbocycles. The second-order valence-electron chi connectivity index (χ2n) is 5.33. The van der Waals surface area contributed by atoms with Gasteiger partial charge in [0.2, 0.25) is 0 Å². The molecule has 1 N–H and O–H groups in total. The van der Waals surface area contributed by atoms with E-state index in [0.717, 1.165) is 43.3 Å². The fourth-order valence-corrected chi connectivity index (χ4v) is 2.74. The number of likely N-dealkylation sites (tertiary alicyclic amines) is 1. The predicted molar refractivity (Wildman–Crippen MR) is 80.8 cm³/mol. The molecule has 0 saturated carbocycles. The molecule has 1 saturated heterocycles. The average Bonchev–Trinajstić information content (AvgIpc) is 3.13. The lowest BCUT2D eigenvalue weighted by Crippen LogP contribution is -2.39. The van der Waals surface area contributed by atoms with Crippen LogP contribution in [0.15, 0.2) is 15.6 Å². The number of aliphatic imine (C=N–C) groups is 1. The zero-order chi connectivity index (χ0) is 14.4. The Hall–Kier alpha value is -1.52. The van der Waals surface area contributed by atoms with Gasteiger partial charge < -0.3 is 14.7 Å². The van der Waals surface area contributed by atoms with Crippen LogP contribution in [-0.4, -0.2) is 36.2 Å². The molecule has 1 aliphatic rings. The van der Waals surface area contributed by atoms with Crippen molar-refractivity contribution in [3.05, 3.63) is 17.5 Å². The molecule has 5 nitrogen and oxygen atoms in total. The number of hydrogen-bond acceptors (Lipinski definition) is 3. The second kappa shape index (κ2) is 7.31. The van der Waals surface area contributed by atoms with Crippen LogP contribution in [0.1, 0.15) is 56.9 Å². The standard InChI is InChI=1S/C15H26N4O/c1-4-12(5-2)14-10-13(20-18-14)11-17-15(16-3)19-8-6-7-9-19/h10,12H,4-9,11H2,1-3H3,(H,16,17). The van der Waals surface area contributed by atoms with Crippen LogP contribution in [0.3, 0.4) is 0 Å². The van der Waals surface area contributed by atoms with Crippen molar-refractivity contribution in [3.8, 4) is 0 Å². The SMILES string of the molecule is CCC(CC)c1cc(CNC(=NC)N2CCCC2)on1. The Morgan fingerprint density at radius 1 is 1.40 bits per heavy atom. The molecule has 0 unspecified atom stereocenters. The average molecular weight is 278 g/mol.